The first-order valence-corrected chi connectivity index (χ1v) is 24.3. The second-order valence-electron chi connectivity index (χ2n) is 15.8. The van der Waals surface area contributed by atoms with E-state index in [1.165, 1.54) is 36.4 Å². The number of aliphatic imine (C=N–C) groups is 2. The Morgan fingerprint density at radius 2 is 1.00 bits per heavy atom. The van der Waals surface area contributed by atoms with Gasteiger partial charge in [0, 0.05) is 66.4 Å². The molecule has 0 amide bonds. The molecule has 16 nitrogen and oxygen atoms in total. The van der Waals surface area contributed by atoms with Gasteiger partial charge in [0.2, 0.25) is 0 Å². The summed E-state index contributed by atoms with van der Waals surface area (Å²) >= 11 is 12.9. The highest BCUT2D eigenvalue weighted by atomic mass is 35.5. The van der Waals surface area contributed by atoms with E-state index >= 15 is 8.78 Å². The van der Waals surface area contributed by atoms with Gasteiger partial charge in [-0.05, 0) is 72.8 Å². The number of esters is 2. The molecule has 22 heteroatoms. The zero-order chi connectivity index (χ0) is 50.2. The van der Waals surface area contributed by atoms with Crippen molar-refractivity contribution >= 4 is 79.5 Å². The molecule has 2 aromatic heterocycles. The highest BCUT2D eigenvalue weighted by molar-refractivity contribution is 8.76. The molecule has 0 spiro atoms. The third kappa shape index (κ3) is 9.35. The Hall–Kier alpha value is -8.04. The zero-order valence-electron chi connectivity index (χ0n) is 36.7. The summed E-state index contributed by atoms with van der Waals surface area (Å²) in [6.45, 7) is -0.648. The maximum atomic E-state index is 15.1. The summed E-state index contributed by atoms with van der Waals surface area (Å²) in [5, 5.41) is 24.6. The molecule has 0 N–H and O–H groups in total. The van der Waals surface area contributed by atoms with Crippen molar-refractivity contribution in [3.63, 3.8) is 0 Å². The first-order chi connectivity index (χ1) is 34.8. The third-order valence-electron chi connectivity index (χ3n) is 11.5. The lowest BCUT2D eigenvalue weighted by molar-refractivity contribution is -0.385. The van der Waals surface area contributed by atoms with E-state index in [1.54, 1.807) is 94.3 Å². The van der Waals surface area contributed by atoms with Crippen LogP contribution in [-0.2, 0) is 35.8 Å². The zero-order valence-corrected chi connectivity index (χ0v) is 39.8. The quantitative estimate of drug-likeness (QED) is 0.0459. The predicted molar refractivity (Wildman–Crippen MR) is 265 cm³/mol. The maximum Gasteiger partial charge on any atom is 0.340 e. The Bertz CT molecular complexity index is 3410. The lowest BCUT2D eigenvalue weighted by Crippen LogP contribution is -2.13. The highest BCUT2D eigenvalue weighted by Gasteiger charge is 2.28. The van der Waals surface area contributed by atoms with Crippen molar-refractivity contribution in [1.82, 2.24) is 19.1 Å². The minimum atomic E-state index is -0.954. The van der Waals surface area contributed by atoms with Crippen LogP contribution >= 0.6 is 44.8 Å². The van der Waals surface area contributed by atoms with Gasteiger partial charge in [-0.3, -0.25) is 39.3 Å². The van der Waals surface area contributed by atoms with Gasteiger partial charge < -0.3 is 9.47 Å². The van der Waals surface area contributed by atoms with E-state index in [9.17, 15) is 29.8 Å². The molecule has 0 unspecified atom stereocenters. The van der Waals surface area contributed by atoms with Gasteiger partial charge in [0.15, 0.2) is 11.6 Å². The molecule has 72 heavy (non-hydrogen) atoms. The molecule has 358 valence electrons. The van der Waals surface area contributed by atoms with Crippen LogP contribution in [0.25, 0.3) is 11.4 Å². The highest BCUT2D eigenvalue weighted by Crippen LogP contribution is 2.43. The number of hydrogen-bond acceptors (Lipinski definition) is 14. The molecule has 0 aliphatic carbocycles. The second-order valence-corrected chi connectivity index (χ2v) is 18.9. The molecule has 0 atom stereocenters. The lowest BCUT2D eigenvalue weighted by atomic mass is 10.00. The largest absolute Gasteiger partial charge is 0.454 e. The van der Waals surface area contributed by atoms with Crippen molar-refractivity contribution in [2.24, 2.45) is 9.98 Å². The number of fused-ring (bicyclic) bond motifs is 6. The van der Waals surface area contributed by atoms with Crippen molar-refractivity contribution in [2.75, 3.05) is 0 Å². The van der Waals surface area contributed by atoms with Gasteiger partial charge in [-0.1, -0.05) is 69.1 Å². The fourth-order valence-electron chi connectivity index (χ4n) is 8.15. The van der Waals surface area contributed by atoms with Crippen LogP contribution in [0.5, 0.6) is 0 Å². The molecule has 6 aromatic carbocycles. The fraction of sp³-hybridized carbons (Fsp3) is 0.0800. The second kappa shape index (κ2) is 20.0. The molecular weight excluding hydrogens is 1010 g/mol. The number of nitro groups is 2. The van der Waals surface area contributed by atoms with E-state index in [-0.39, 0.29) is 56.8 Å². The Morgan fingerprint density at radius 3 is 1.40 bits per heavy atom. The molecule has 8 aromatic rings. The van der Waals surface area contributed by atoms with Crippen molar-refractivity contribution < 1.29 is 37.7 Å². The Labute approximate surface area is 423 Å². The van der Waals surface area contributed by atoms with Crippen molar-refractivity contribution in [3.05, 3.63) is 232 Å². The van der Waals surface area contributed by atoms with E-state index < -0.39 is 58.0 Å². The number of aromatic nitrogens is 4. The van der Waals surface area contributed by atoms with E-state index in [0.29, 0.717) is 55.4 Å². The van der Waals surface area contributed by atoms with Crippen LogP contribution in [0.15, 0.2) is 153 Å². The predicted octanol–water partition coefficient (Wildman–Crippen LogP) is 11.7. The summed E-state index contributed by atoms with van der Waals surface area (Å²) in [7, 11) is 1.87. The molecule has 0 radical (unpaired) electrons. The number of nitrogens with zero attached hydrogens (tertiary/aromatic N) is 8. The average Bonchev–Trinajstić information content (AvgIpc) is 3.89. The molecule has 2 aliphatic heterocycles. The van der Waals surface area contributed by atoms with Crippen molar-refractivity contribution in [3.8, 4) is 11.4 Å². The summed E-state index contributed by atoms with van der Waals surface area (Å²) in [5.74, 6) is -2.36. The SMILES string of the molecule is O=C(OCc1ncc2n1-c1ccc(Cl)cc1C(c1ccccc1F)=NC2)c1cc([N+](=O)[O-])ccc1SSc1ccc([N+](=O)[O-])cc1C(=O)OCc1ncc2n1-c1ccc(Cl)cc1C(c1ccccc1F)=NC2. The minimum absolute atomic E-state index is 0.0855. The number of hydrogen-bond donors (Lipinski definition) is 0. The Kier molecular flexibility index (Phi) is 13.2. The topological polar surface area (TPSA) is 199 Å². The molecule has 0 saturated heterocycles. The number of carbonyl (C=O) groups excluding carboxylic acids is 2. The smallest absolute Gasteiger partial charge is 0.340 e. The summed E-state index contributed by atoms with van der Waals surface area (Å²) in [6, 6.07) is 29.6. The summed E-state index contributed by atoms with van der Waals surface area (Å²) < 4.78 is 45.2. The van der Waals surface area contributed by atoms with Crippen LogP contribution in [0, 0.1) is 31.9 Å². The number of benzene rings is 6. The van der Waals surface area contributed by atoms with Gasteiger partial charge >= 0.3 is 11.9 Å². The van der Waals surface area contributed by atoms with E-state index in [2.05, 4.69) is 9.97 Å². The molecular formula is C50H30Cl2F2N8O8S2. The number of non-ortho nitro benzene ring substituents is 2. The lowest BCUT2D eigenvalue weighted by Gasteiger charge is -2.16. The molecule has 10 rings (SSSR count). The molecule has 0 saturated carbocycles. The standard InChI is InChI=1S/C50H30Cl2F2N8O8S2/c51-27-9-13-41-35(17-27)47(33-5-1-3-7-39(33)53)57-23-31-21-55-45(59(31)41)25-69-49(63)37-19-29(61(65)66)11-15-43(37)71-72-44-16-12-30(62(67)68)20-38(44)50(64)70-26-46-56-22-32-24-58-48(34-6-2-4-8-40(34)54)36-18-28(52)10-14-42(36)60(32)46/h1-22H,23-26H2. The first kappa shape index (κ1) is 47.6. The average molecular weight is 1040 g/mol. The van der Waals surface area contributed by atoms with E-state index in [0.717, 1.165) is 33.7 Å². The summed E-state index contributed by atoms with van der Waals surface area (Å²) in [4.78, 5) is 69.3. The maximum absolute atomic E-state index is 15.1. The van der Waals surface area contributed by atoms with Crippen LogP contribution in [-0.4, -0.2) is 52.3 Å². The van der Waals surface area contributed by atoms with Crippen LogP contribution in [0.4, 0.5) is 20.2 Å². The van der Waals surface area contributed by atoms with Crippen LogP contribution in [0.3, 0.4) is 0 Å². The Morgan fingerprint density at radius 1 is 0.583 bits per heavy atom. The number of imidazole rings is 2. The number of carbonyl (C=O) groups is 2. The van der Waals surface area contributed by atoms with Gasteiger partial charge in [0.1, 0.15) is 24.8 Å². The van der Waals surface area contributed by atoms with Gasteiger partial charge in [0.05, 0.1) is 80.6 Å². The van der Waals surface area contributed by atoms with Gasteiger partial charge in [-0.15, -0.1) is 0 Å². The summed E-state index contributed by atoms with van der Waals surface area (Å²) in [5.41, 5.74) is 3.28. The first-order valence-electron chi connectivity index (χ1n) is 21.4. The molecule has 2 aliphatic rings. The number of nitro benzene ring substituents is 2. The van der Waals surface area contributed by atoms with Gasteiger partial charge in [-0.2, -0.15) is 0 Å². The van der Waals surface area contributed by atoms with Gasteiger partial charge in [0.25, 0.3) is 11.4 Å². The van der Waals surface area contributed by atoms with Crippen LogP contribution in [0.1, 0.15) is 66.0 Å². The van der Waals surface area contributed by atoms with E-state index in [1.807, 2.05) is 0 Å². The van der Waals surface area contributed by atoms with Crippen molar-refractivity contribution in [1.29, 1.82) is 0 Å². The Balaban J connectivity index is 0.893. The van der Waals surface area contributed by atoms with Crippen LogP contribution in [0.2, 0.25) is 10.0 Å². The number of halogens is 4. The fourth-order valence-corrected chi connectivity index (χ4v) is 10.8. The van der Waals surface area contributed by atoms with Gasteiger partial charge in [-0.25, -0.2) is 28.3 Å². The normalized spacial score (nSPS) is 12.5. The molecule has 4 heterocycles. The minimum Gasteiger partial charge on any atom is -0.454 e. The number of rotatable bonds is 13. The monoisotopic (exact) mass is 1040 g/mol. The summed E-state index contributed by atoms with van der Waals surface area (Å²) in [6.07, 6.45) is 3.10. The van der Waals surface area contributed by atoms with Crippen LogP contribution < -0.4 is 0 Å². The third-order valence-corrected chi connectivity index (χ3v) is 14.4. The van der Waals surface area contributed by atoms with E-state index in [4.69, 9.17) is 42.7 Å². The molecule has 0 fully saturated rings. The molecule has 0 bridgehead atoms. The van der Waals surface area contributed by atoms with Crippen molar-refractivity contribution in [2.45, 2.75) is 36.1 Å². The number of ether oxygens (including phenoxy) is 2.